The van der Waals surface area contributed by atoms with Crippen LogP contribution in [0, 0.1) is 17.8 Å². The first-order valence-corrected chi connectivity index (χ1v) is 11.8. The summed E-state index contributed by atoms with van der Waals surface area (Å²) in [4.78, 5) is 41.8. The summed E-state index contributed by atoms with van der Waals surface area (Å²) in [5.74, 6) is -8.05. The number of phenolic OH excluding ortho intramolecular Hbond substituents is 1. The van der Waals surface area contributed by atoms with Crippen LogP contribution in [-0.2, 0) is 19.1 Å². The van der Waals surface area contributed by atoms with Gasteiger partial charge in [0.25, 0.3) is 0 Å². The van der Waals surface area contributed by atoms with E-state index in [1.54, 1.807) is 6.07 Å². The summed E-state index contributed by atoms with van der Waals surface area (Å²) in [7, 11) is 2.98. The van der Waals surface area contributed by atoms with Gasteiger partial charge in [-0.2, -0.15) is 0 Å². The number of nitrogens with zero attached hydrogens (tertiary/aromatic N) is 1. The minimum absolute atomic E-state index is 0.111. The molecule has 1 aromatic carbocycles. The number of esters is 1. The van der Waals surface area contributed by atoms with Gasteiger partial charge >= 0.3 is 5.97 Å². The third kappa shape index (κ3) is 3.31. The Kier molecular flexibility index (Phi) is 5.61. The average molecular weight is 513 g/mol. The number of rotatable bonds is 4. The molecule has 0 radical (unpaired) electrons. The van der Waals surface area contributed by atoms with Gasteiger partial charge in [0.1, 0.15) is 29.6 Å². The number of likely N-dealkylation sites (N-methyl/N-ethyl adjacent to an activating group) is 1. The van der Waals surface area contributed by atoms with Crippen LogP contribution in [-0.4, -0.2) is 86.0 Å². The summed E-state index contributed by atoms with van der Waals surface area (Å²) in [6.45, 7) is 4.06. The van der Waals surface area contributed by atoms with E-state index < -0.39 is 81.9 Å². The molecule has 2 fully saturated rings. The van der Waals surface area contributed by atoms with Crippen LogP contribution in [0.5, 0.6) is 5.75 Å². The fraction of sp³-hybridized carbons (Fsp3) is 0.423. The van der Waals surface area contributed by atoms with Crippen LogP contribution in [0.1, 0.15) is 24.0 Å². The zero-order chi connectivity index (χ0) is 27.1. The van der Waals surface area contributed by atoms with E-state index in [0.717, 1.165) is 0 Å². The average Bonchev–Trinajstić information content (AvgIpc) is 3.66. The molecule has 11 heteroatoms. The molecule has 7 N–H and O–H groups in total. The summed E-state index contributed by atoms with van der Waals surface area (Å²) in [6, 6.07) is 3.00. The lowest BCUT2D eigenvalue weighted by Gasteiger charge is -2.54. The fourth-order valence-corrected chi connectivity index (χ4v) is 5.94. The molecule has 0 heterocycles. The van der Waals surface area contributed by atoms with Gasteiger partial charge in [-0.3, -0.25) is 19.3 Å². The standard InChI is InChI=1S/C26H28N2O9/c1-9-11-5-4-6-12(29)14(11)19(30)15-13(9)21(37-25(35)10-7-8-10)17-18(28(2)3)20(31)16(24(27)34)23(33)26(17,36)22(15)32/h4-6,10,13,17-18,21,24,29-30,33-34,36H,1,7-8,27H2,2-3H3/t13-,17-,18+,21+,24?,26+/m1/s1. The summed E-state index contributed by atoms with van der Waals surface area (Å²) >= 11 is 0. The van der Waals surface area contributed by atoms with E-state index in [-0.39, 0.29) is 16.9 Å². The van der Waals surface area contributed by atoms with Crippen molar-refractivity contribution >= 4 is 28.9 Å². The number of phenols is 1. The summed E-state index contributed by atoms with van der Waals surface area (Å²) in [6.07, 6.45) is -2.31. The monoisotopic (exact) mass is 512 g/mol. The molecule has 37 heavy (non-hydrogen) atoms. The van der Waals surface area contributed by atoms with Crippen LogP contribution in [0.3, 0.4) is 0 Å². The smallest absolute Gasteiger partial charge is 0.309 e. The Bertz CT molecular complexity index is 1320. The molecule has 196 valence electrons. The number of ketones is 2. The molecule has 0 aliphatic heterocycles. The molecular weight excluding hydrogens is 484 g/mol. The normalized spacial score (nSPS) is 32.2. The Hall–Kier alpha value is -3.51. The highest BCUT2D eigenvalue weighted by Gasteiger charge is 2.69. The number of hydrogen-bond donors (Lipinski definition) is 6. The van der Waals surface area contributed by atoms with Crippen molar-refractivity contribution in [2.24, 2.45) is 23.5 Å². The van der Waals surface area contributed by atoms with Crippen LogP contribution in [0.15, 0.2) is 41.7 Å². The number of hydrogen-bond acceptors (Lipinski definition) is 11. The molecule has 1 unspecified atom stereocenters. The topological polar surface area (TPSA) is 191 Å². The molecule has 0 aromatic heterocycles. The number of ether oxygens (including phenoxy) is 1. The molecule has 6 atom stereocenters. The molecule has 0 bridgehead atoms. The van der Waals surface area contributed by atoms with E-state index in [9.17, 15) is 39.9 Å². The Balaban J connectivity index is 1.83. The lowest BCUT2D eigenvalue weighted by atomic mass is 9.55. The second kappa shape index (κ2) is 8.25. The van der Waals surface area contributed by atoms with E-state index in [4.69, 9.17) is 10.5 Å². The van der Waals surface area contributed by atoms with Gasteiger partial charge in [-0.25, -0.2) is 0 Å². The van der Waals surface area contributed by atoms with Gasteiger partial charge in [-0.15, -0.1) is 0 Å². The Morgan fingerprint density at radius 3 is 2.43 bits per heavy atom. The van der Waals surface area contributed by atoms with Crippen molar-refractivity contribution in [1.29, 1.82) is 0 Å². The summed E-state index contributed by atoms with van der Waals surface area (Å²) in [5, 5.41) is 54.9. The number of fused-ring (bicyclic) bond motifs is 3. The number of nitrogens with two attached hydrogens (primary N) is 1. The summed E-state index contributed by atoms with van der Waals surface area (Å²) in [5.41, 5.74) is 1.81. The molecule has 5 rings (SSSR count). The first-order chi connectivity index (χ1) is 17.3. The first kappa shape index (κ1) is 25.2. The Morgan fingerprint density at radius 1 is 1.22 bits per heavy atom. The van der Waals surface area contributed by atoms with Gasteiger partial charge in [-0.05, 0) is 44.1 Å². The zero-order valence-electron chi connectivity index (χ0n) is 20.2. The van der Waals surface area contributed by atoms with Crippen LogP contribution >= 0.6 is 0 Å². The van der Waals surface area contributed by atoms with E-state index in [0.29, 0.717) is 18.4 Å². The second-order valence-corrected chi connectivity index (χ2v) is 10.2. The summed E-state index contributed by atoms with van der Waals surface area (Å²) < 4.78 is 5.88. The molecule has 11 nitrogen and oxygen atoms in total. The Labute approximate surface area is 211 Å². The maximum absolute atomic E-state index is 14.0. The second-order valence-electron chi connectivity index (χ2n) is 10.2. The minimum atomic E-state index is -2.91. The molecule has 0 saturated heterocycles. The molecule has 0 amide bonds. The molecule has 1 aromatic rings. The predicted octanol–water partition coefficient (Wildman–Crippen LogP) is 0.158. The maximum Gasteiger partial charge on any atom is 0.309 e. The van der Waals surface area contributed by atoms with Crippen LogP contribution in [0.4, 0.5) is 0 Å². The largest absolute Gasteiger partial charge is 0.508 e. The fourth-order valence-electron chi connectivity index (χ4n) is 5.94. The molecule has 4 aliphatic rings. The van der Waals surface area contributed by atoms with Crippen molar-refractivity contribution in [1.82, 2.24) is 4.90 Å². The quantitative estimate of drug-likeness (QED) is 0.238. The predicted molar refractivity (Wildman–Crippen MR) is 129 cm³/mol. The lowest BCUT2D eigenvalue weighted by Crippen LogP contribution is -2.70. The number of carbonyl (C=O) groups excluding carboxylic acids is 3. The van der Waals surface area contributed by atoms with Gasteiger partial charge in [0, 0.05) is 0 Å². The zero-order valence-corrected chi connectivity index (χ0v) is 20.2. The van der Waals surface area contributed by atoms with E-state index in [1.165, 1.54) is 31.1 Å². The SMILES string of the molecule is C=C1c2cccc(O)c2C(O)=C2C(=O)[C@]3(O)C(O)=C(C(N)O)C(=O)[C@@H](N(C)C)[C@@H]3[C@@H](OC(=O)C3CC3)[C@H]12. The number of aromatic hydroxyl groups is 1. The number of Topliss-reactive ketones (excluding diaryl/α,β-unsaturated/α-hetero) is 2. The van der Waals surface area contributed by atoms with Gasteiger partial charge in [0.15, 0.2) is 11.4 Å². The molecular formula is C26H28N2O9. The van der Waals surface area contributed by atoms with Crippen LogP contribution in [0.25, 0.3) is 11.3 Å². The third-order valence-corrected chi connectivity index (χ3v) is 7.83. The van der Waals surface area contributed by atoms with Crippen molar-refractivity contribution in [2.45, 2.75) is 36.8 Å². The lowest BCUT2D eigenvalue weighted by molar-refractivity contribution is -0.182. The van der Waals surface area contributed by atoms with Gasteiger partial charge in [0.05, 0.1) is 40.5 Å². The van der Waals surface area contributed by atoms with Gasteiger partial charge in [0.2, 0.25) is 5.78 Å². The van der Waals surface area contributed by atoms with Gasteiger partial charge < -0.3 is 36.0 Å². The van der Waals surface area contributed by atoms with Crippen molar-refractivity contribution in [2.75, 3.05) is 14.1 Å². The van der Waals surface area contributed by atoms with E-state index >= 15 is 0 Å². The first-order valence-electron chi connectivity index (χ1n) is 11.8. The highest BCUT2D eigenvalue weighted by molar-refractivity contribution is 6.17. The maximum atomic E-state index is 14.0. The highest BCUT2D eigenvalue weighted by Crippen LogP contribution is 2.56. The molecule has 4 aliphatic carbocycles. The Morgan fingerprint density at radius 2 is 1.86 bits per heavy atom. The van der Waals surface area contributed by atoms with E-state index in [2.05, 4.69) is 6.58 Å². The molecule has 2 saturated carbocycles. The highest BCUT2D eigenvalue weighted by atomic mass is 16.5. The van der Waals surface area contributed by atoms with Crippen LogP contribution < -0.4 is 5.73 Å². The third-order valence-electron chi connectivity index (χ3n) is 7.83. The number of aliphatic hydroxyl groups excluding tert-OH is 3. The van der Waals surface area contributed by atoms with Crippen molar-refractivity contribution < 1.29 is 44.7 Å². The van der Waals surface area contributed by atoms with Crippen LogP contribution in [0.2, 0.25) is 0 Å². The van der Waals surface area contributed by atoms with Gasteiger partial charge in [-0.1, -0.05) is 18.7 Å². The number of aliphatic hydroxyl groups is 4. The van der Waals surface area contributed by atoms with Crippen molar-refractivity contribution in [3.05, 3.63) is 52.8 Å². The van der Waals surface area contributed by atoms with Crippen molar-refractivity contribution in [3.63, 3.8) is 0 Å². The molecule has 0 spiro atoms. The minimum Gasteiger partial charge on any atom is -0.508 e. The number of benzene rings is 1. The van der Waals surface area contributed by atoms with E-state index in [1.807, 2.05) is 0 Å². The van der Waals surface area contributed by atoms with Crippen molar-refractivity contribution in [3.8, 4) is 5.75 Å². The number of carbonyl (C=O) groups is 3.